The first kappa shape index (κ1) is 26.0. The standard InChI is InChI=1S/C27H27ClFN3O3S/c1-4-5-16-31(36(34,35)23-13-9-21(29)10-14-23)19(3)26-30-25-17-20(28)8-15-24(25)27(33)32(26)22-11-6-18(2)7-12-22/h6-15,17,19H,4-5,16H2,1-3H3. The number of fused-ring (bicyclic) bond motifs is 1. The molecule has 0 amide bonds. The van der Waals surface area contributed by atoms with E-state index in [2.05, 4.69) is 0 Å². The molecule has 0 bridgehead atoms. The number of benzene rings is 3. The van der Waals surface area contributed by atoms with Crippen LogP contribution in [0.25, 0.3) is 16.6 Å². The van der Waals surface area contributed by atoms with Crippen molar-refractivity contribution >= 4 is 32.5 Å². The lowest BCUT2D eigenvalue weighted by Gasteiger charge is -2.29. The molecule has 9 heteroatoms. The molecule has 3 aromatic carbocycles. The first-order chi connectivity index (χ1) is 17.1. The van der Waals surface area contributed by atoms with Gasteiger partial charge in [0.05, 0.1) is 27.5 Å². The maximum absolute atomic E-state index is 13.7. The average molecular weight is 528 g/mol. The maximum atomic E-state index is 13.7. The van der Waals surface area contributed by atoms with Gasteiger partial charge in [-0.25, -0.2) is 17.8 Å². The predicted molar refractivity (Wildman–Crippen MR) is 141 cm³/mol. The van der Waals surface area contributed by atoms with Gasteiger partial charge in [-0.05, 0) is 74.9 Å². The molecule has 6 nitrogen and oxygen atoms in total. The zero-order valence-corrected chi connectivity index (χ0v) is 21.9. The Hall–Kier alpha value is -3.07. The second-order valence-electron chi connectivity index (χ2n) is 8.71. The number of nitrogens with zero attached hydrogens (tertiary/aromatic N) is 3. The molecule has 0 spiro atoms. The van der Waals surface area contributed by atoms with E-state index in [0.717, 1.165) is 24.1 Å². The van der Waals surface area contributed by atoms with Crippen LogP contribution >= 0.6 is 11.6 Å². The fourth-order valence-electron chi connectivity index (χ4n) is 4.11. The molecular weight excluding hydrogens is 501 g/mol. The Balaban J connectivity index is 1.96. The maximum Gasteiger partial charge on any atom is 0.266 e. The summed E-state index contributed by atoms with van der Waals surface area (Å²) < 4.78 is 43.8. The van der Waals surface area contributed by atoms with Crippen LogP contribution in [0.15, 0.2) is 76.4 Å². The molecule has 1 atom stereocenters. The third kappa shape index (κ3) is 5.07. The highest BCUT2D eigenvalue weighted by Crippen LogP contribution is 2.29. The summed E-state index contributed by atoms with van der Waals surface area (Å²) in [6.07, 6.45) is 1.35. The van der Waals surface area contributed by atoms with Crippen molar-refractivity contribution in [3.8, 4) is 5.69 Å². The van der Waals surface area contributed by atoms with E-state index in [1.807, 2.05) is 26.0 Å². The molecule has 0 saturated heterocycles. The highest BCUT2D eigenvalue weighted by molar-refractivity contribution is 7.89. The largest absolute Gasteiger partial charge is 0.268 e. The van der Waals surface area contributed by atoms with E-state index >= 15 is 0 Å². The Labute approximate surface area is 215 Å². The van der Waals surface area contributed by atoms with Gasteiger partial charge in [-0.15, -0.1) is 0 Å². The molecule has 0 radical (unpaired) electrons. The second kappa shape index (κ2) is 10.5. The van der Waals surface area contributed by atoms with Gasteiger partial charge in [-0.2, -0.15) is 4.31 Å². The highest BCUT2D eigenvalue weighted by Gasteiger charge is 2.33. The third-order valence-corrected chi connectivity index (χ3v) is 8.33. The topological polar surface area (TPSA) is 72.3 Å². The van der Waals surface area contributed by atoms with Crippen LogP contribution in [-0.2, 0) is 10.0 Å². The van der Waals surface area contributed by atoms with Crippen molar-refractivity contribution in [1.29, 1.82) is 0 Å². The van der Waals surface area contributed by atoms with Gasteiger partial charge in [-0.3, -0.25) is 9.36 Å². The van der Waals surface area contributed by atoms with Crippen LogP contribution < -0.4 is 5.56 Å². The minimum atomic E-state index is -4.03. The zero-order chi connectivity index (χ0) is 26.0. The highest BCUT2D eigenvalue weighted by atomic mass is 35.5. The van der Waals surface area contributed by atoms with E-state index in [-0.39, 0.29) is 22.8 Å². The summed E-state index contributed by atoms with van der Waals surface area (Å²) in [7, 11) is -4.03. The fraction of sp³-hybridized carbons (Fsp3) is 0.259. The molecule has 1 aromatic heterocycles. The van der Waals surface area contributed by atoms with Gasteiger partial charge in [0.25, 0.3) is 5.56 Å². The molecule has 1 heterocycles. The molecule has 4 rings (SSSR count). The zero-order valence-electron chi connectivity index (χ0n) is 20.3. The molecule has 188 valence electrons. The Bertz CT molecular complexity index is 1550. The fourth-order valence-corrected chi connectivity index (χ4v) is 5.90. The van der Waals surface area contributed by atoms with Crippen molar-refractivity contribution in [3.05, 3.63) is 99.3 Å². The van der Waals surface area contributed by atoms with Gasteiger partial charge < -0.3 is 0 Å². The summed E-state index contributed by atoms with van der Waals surface area (Å²) in [4.78, 5) is 18.4. The van der Waals surface area contributed by atoms with Gasteiger partial charge >= 0.3 is 0 Å². The Morgan fingerprint density at radius 2 is 1.72 bits per heavy atom. The number of sulfonamides is 1. The van der Waals surface area contributed by atoms with Crippen molar-refractivity contribution in [1.82, 2.24) is 13.9 Å². The monoisotopic (exact) mass is 527 g/mol. The van der Waals surface area contributed by atoms with Crippen LogP contribution in [0.1, 0.15) is 44.1 Å². The van der Waals surface area contributed by atoms with Crippen LogP contribution in [-0.4, -0.2) is 28.8 Å². The summed E-state index contributed by atoms with van der Waals surface area (Å²) in [5.41, 5.74) is 1.65. The van der Waals surface area contributed by atoms with Crippen LogP contribution in [0.3, 0.4) is 0 Å². The van der Waals surface area contributed by atoms with Gasteiger partial charge in [0.1, 0.15) is 11.6 Å². The molecule has 1 unspecified atom stereocenters. The first-order valence-electron chi connectivity index (χ1n) is 11.7. The molecular formula is C27H27ClFN3O3S. The van der Waals surface area contributed by atoms with Gasteiger partial charge in [0, 0.05) is 11.6 Å². The number of hydrogen-bond acceptors (Lipinski definition) is 4. The first-order valence-corrected chi connectivity index (χ1v) is 13.5. The van der Waals surface area contributed by atoms with Gasteiger partial charge in [0.2, 0.25) is 10.0 Å². The van der Waals surface area contributed by atoms with E-state index in [4.69, 9.17) is 16.6 Å². The molecule has 0 aliphatic heterocycles. The van der Waals surface area contributed by atoms with Gasteiger partial charge in [0.15, 0.2) is 0 Å². The minimum absolute atomic E-state index is 0.0279. The van der Waals surface area contributed by atoms with Crippen LogP contribution in [0.2, 0.25) is 5.02 Å². The molecule has 0 fully saturated rings. The normalized spacial score (nSPS) is 12.8. The van der Waals surface area contributed by atoms with E-state index in [1.54, 1.807) is 37.3 Å². The SMILES string of the molecule is CCCCN(C(C)c1nc2cc(Cl)ccc2c(=O)n1-c1ccc(C)cc1)S(=O)(=O)c1ccc(F)cc1. The van der Waals surface area contributed by atoms with Crippen LogP contribution in [0, 0.1) is 12.7 Å². The lowest BCUT2D eigenvalue weighted by Crippen LogP contribution is -2.38. The average Bonchev–Trinajstić information content (AvgIpc) is 2.84. The summed E-state index contributed by atoms with van der Waals surface area (Å²) in [5.74, 6) is -0.260. The van der Waals surface area contributed by atoms with Crippen molar-refractivity contribution in [2.24, 2.45) is 0 Å². The van der Waals surface area contributed by atoms with E-state index in [0.29, 0.717) is 28.0 Å². The quantitative estimate of drug-likeness (QED) is 0.280. The Morgan fingerprint density at radius 1 is 1.06 bits per heavy atom. The molecule has 0 saturated carbocycles. The lowest BCUT2D eigenvalue weighted by molar-refractivity contribution is 0.322. The number of hydrogen-bond donors (Lipinski definition) is 0. The van der Waals surface area contributed by atoms with Crippen LogP contribution in [0.5, 0.6) is 0 Å². The van der Waals surface area contributed by atoms with E-state index in [1.165, 1.54) is 21.0 Å². The van der Waals surface area contributed by atoms with Crippen molar-refractivity contribution in [2.75, 3.05) is 6.54 Å². The summed E-state index contributed by atoms with van der Waals surface area (Å²) in [5, 5.41) is 0.792. The number of unbranched alkanes of at least 4 members (excludes halogenated alkanes) is 1. The molecule has 0 aliphatic rings. The van der Waals surface area contributed by atoms with Crippen LogP contribution in [0.4, 0.5) is 4.39 Å². The minimum Gasteiger partial charge on any atom is -0.268 e. The number of aromatic nitrogens is 2. The summed E-state index contributed by atoms with van der Waals surface area (Å²) in [6, 6.07) is 16.1. The number of aryl methyl sites for hydroxylation is 1. The van der Waals surface area contributed by atoms with Crippen molar-refractivity contribution in [3.63, 3.8) is 0 Å². The van der Waals surface area contributed by atoms with Crippen molar-refractivity contribution < 1.29 is 12.8 Å². The summed E-state index contributed by atoms with van der Waals surface area (Å²) >= 11 is 6.19. The molecule has 36 heavy (non-hydrogen) atoms. The third-order valence-electron chi connectivity index (χ3n) is 6.11. The van der Waals surface area contributed by atoms with Crippen molar-refractivity contribution in [2.45, 2.75) is 44.6 Å². The Kier molecular flexibility index (Phi) is 7.59. The van der Waals surface area contributed by atoms with Gasteiger partial charge in [-0.1, -0.05) is 42.6 Å². The smallest absolute Gasteiger partial charge is 0.266 e. The molecule has 0 N–H and O–H groups in total. The Morgan fingerprint density at radius 3 is 2.36 bits per heavy atom. The predicted octanol–water partition coefficient (Wildman–Crippen LogP) is 6.04. The summed E-state index contributed by atoms with van der Waals surface area (Å²) in [6.45, 7) is 5.82. The number of rotatable bonds is 8. The number of halogens is 2. The second-order valence-corrected chi connectivity index (χ2v) is 11.0. The van der Waals surface area contributed by atoms with E-state index < -0.39 is 21.9 Å². The molecule has 4 aromatic rings. The molecule has 0 aliphatic carbocycles. The lowest BCUT2D eigenvalue weighted by atomic mass is 10.1. The van der Waals surface area contributed by atoms with E-state index in [9.17, 15) is 17.6 Å².